The molecule has 0 heterocycles. The van der Waals surface area contributed by atoms with Gasteiger partial charge in [-0.3, -0.25) is 14.4 Å². The summed E-state index contributed by atoms with van der Waals surface area (Å²) >= 11 is 0. The summed E-state index contributed by atoms with van der Waals surface area (Å²) in [6.07, 6.45) is 23.5. The van der Waals surface area contributed by atoms with Gasteiger partial charge in [-0.25, -0.2) is 0 Å². The molecule has 0 unspecified atom stereocenters. The van der Waals surface area contributed by atoms with Crippen LogP contribution in [0.5, 0.6) is 0 Å². The third-order valence-electron chi connectivity index (χ3n) is 7.81. The predicted molar refractivity (Wildman–Crippen MR) is 170 cm³/mol. The fourth-order valence-electron chi connectivity index (χ4n) is 5.22. The third-order valence-corrected chi connectivity index (χ3v) is 7.81. The Balaban J connectivity index is 2.15. The maximum atomic E-state index is 12.0. The van der Waals surface area contributed by atoms with Crippen LogP contribution in [0.1, 0.15) is 142 Å². The lowest BCUT2D eigenvalue weighted by molar-refractivity contribution is -0.143. The van der Waals surface area contributed by atoms with E-state index >= 15 is 0 Å². The van der Waals surface area contributed by atoms with Crippen LogP contribution >= 0.6 is 0 Å². The number of nitrogens with one attached hydrogen (secondary N) is 2. The van der Waals surface area contributed by atoms with E-state index in [9.17, 15) is 14.4 Å². The Morgan fingerprint density at radius 3 is 1.68 bits per heavy atom. The number of rotatable bonds is 29. The monoisotopic (exact) mass is 563 g/mol. The summed E-state index contributed by atoms with van der Waals surface area (Å²) < 4.78 is 5.40. The molecule has 0 spiro atoms. The zero-order valence-electron chi connectivity index (χ0n) is 26.3. The quantitative estimate of drug-likeness (QED) is 0.0595. The Morgan fingerprint density at radius 1 is 0.625 bits per heavy atom. The highest BCUT2D eigenvalue weighted by atomic mass is 16.5. The zero-order chi connectivity index (χ0) is 29.3. The Morgan fingerprint density at radius 2 is 1.10 bits per heavy atom. The number of nitrogens with zero attached hydrogens (tertiary/aromatic N) is 1. The molecule has 0 amide bonds. The Bertz CT molecular complexity index is 819. The van der Waals surface area contributed by atoms with Gasteiger partial charge in [0.1, 0.15) is 11.4 Å². The van der Waals surface area contributed by atoms with E-state index in [0.29, 0.717) is 30.9 Å². The Labute approximate surface area is 244 Å². The van der Waals surface area contributed by atoms with E-state index in [4.69, 9.17) is 4.74 Å². The van der Waals surface area contributed by atoms with Crippen molar-refractivity contribution in [2.75, 3.05) is 50.5 Å². The molecule has 232 valence electrons. The van der Waals surface area contributed by atoms with E-state index in [1.54, 1.807) is 7.05 Å². The van der Waals surface area contributed by atoms with Gasteiger partial charge in [-0.15, -0.1) is 0 Å². The normalized spacial score (nSPS) is 11.4. The summed E-state index contributed by atoms with van der Waals surface area (Å²) in [5.41, 5.74) is 0.0248. The van der Waals surface area contributed by atoms with Crippen LogP contribution in [0.2, 0.25) is 0 Å². The fourth-order valence-corrected chi connectivity index (χ4v) is 5.22. The Hall–Kier alpha value is -1.89. The van der Waals surface area contributed by atoms with Gasteiger partial charge in [0.15, 0.2) is 0 Å². The molecule has 40 heavy (non-hydrogen) atoms. The highest BCUT2D eigenvalue weighted by molar-refractivity contribution is 5.73. The molecule has 0 aliphatic rings. The van der Waals surface area contributed by atoms with Gasteiger partial charge in [-0.1, -0.05) is 104 Å². The summed E-state index contributed by atoms with van der Waals surface area (Å²) in [7, 11) is 1.67. The molecule has 1 aromatic rings. The molecular formula is C33H61N3O4. The second-order valence-corrected chi connectivity index (χ2v) is 11.4. The van der Waals surface area contributed by atoms with Gasteiger partial charge in [-0.05, 0) is 51.7 Å². The average Bonchev–Trinajstić information content (AvgIpc) is 2.96. The molecule has 1 rings (SSSR count). The fraction of sp³-hybridized carbons (Fsp3) is 0.848. The van der Waals surface area contributed by atoms with Crippen molar-refractivity contribution in [2.24, 2.45) is 0 Å². The second-order valence-electron chi connectivity index (χ2n) is 11.4. The number of carbonyl (C=O) groups excluding carboxylic acids is 1. The number of hydrogen-bond acceptors (Lipinski definition) is 7. The van der Waals surface area contributed by atoms with Crippen LogP contribution in [-0.2, 0) is 9.53 Å². The van der Waals surface area contributed by atoms with Gasteiger partial charge >= 0.3 is 5.97 Å². The molecule has 0 aliphatic heterocycles. The summed E-state index contributed by atoms with van der Waals surface area (Å²) in [6, 6.07) is 0. The van der Waals surface area contributed by atoms with E-state index < -0.39 is 10.9 Å². The molecule has 1 aromatic carbocycles. The first-order valence-corrected chi connectivity index (χ1v) is 16.7. The molecule has 0 bridgehead atoms. The number of anilines is 2. The maximum absolute atomic E-state index is 12.0. The SMILES string of the molecule is CCCCCCCCCOC(=O)CCCCCCCN(CCCCCCCC)CCCNc1c(NC)c(=O)c1=O. The van der Waals surface area contributed by atoms with Crippen molar-refractivity contribution in [2.45, 2.75) is 142 Å². The molecule has 7 heteroatoms. The van der Waals surface area contributed by atoms with Crippen molar-refractivity contribution in [3.63, 3.8) is 0 Å². The molecule has 0 fully saturated rings. The van der Waals surface area contributed by atoms with Crippen LogP contribution in [0.15, 0.2) is 9.59 Å². The van der Waals surface area contributed by atoms with Crippen LogP contribution in [0.3, 0.4) is 0 Å². The lowest BCUT2D eigenvalue weighted by Crippen LogP contribution is -2.37. The first kappa shape index (κ1) is 36.1. The van der Waals surface area contributed by atoms with Gasteiger partial charge in [0.2, 0.25) is 0 Å². The zero-order valence-corrected chi connectivity index (χ0v) is 26.3. The molecule has 0 aliphatic carbocycles. The molecule has 0 saturated heterocycles. The van der Waals surface area contributed by atoms with Crippen molar-refractivity contribution < 1.29 is 9.53 Å². The van der Waals surface area contributed by atoms with E-state index in [-0.39, 0.29) is 5.97 Å². The maximum Gasteiger partial charge on any atom is 0.305 e. The average molecular weight is 564 g/mol. The van der Waals surface area contributed by atoms with Crippen molar-refractivity contribution in [1.82, 2.24) is 4.90 Å². The van der Waals surface area contributed by atoms with Gasteiger partial charge in [0.05, 0.1) is 6.61 Å². The minimum atomic E-state index is -0.421. The van der Waals surface area contributed by atoms with Gasteiger partial charge < -0.3 is 20.3 Å². The van der Waals surface area contributed by atoms with E-state index in [1.165, 1.54) is 89.9 Å². The van der Waals surface area contributed by atoms with E-state index in [1.807, 2.05) is 0 Å². The number of carbonyl (C=O) groups is 1. The number of unbranched alkanes of at least 4 members (excludes halogenated alkanes) is 15. The van der Waals surface area contributed by atoms with Crippen LogP contribution in [0, 0.1) is 0 Å². The molecule has 7 nitrogen and oxygen atoms in total. The molecule has 2 N–H and O–H groups in total. The number of esters is 1. The van der Waals surface area contributed by atoms with Crippen molar-refractivity contribution in [1.29, 1.82) is 0 Å². The van der Waals surface area contributed by atoms with Crippen molar-refractivity contribution >= 4 is 17.3 Å². The van der Waals surface area contributed by atoms with E-state index in [2.05, 4.69) is 29.4 Å². The number of ether oxygens (including phenoxy) is 1. The second kappa shape index (κ2) is 24.9. The van der Waals surface area contributed by atoms with Crippen LogP contribution in [0.4, 0.5) is 11.4 Å². The first-order valence-electron chi connectivity index (χ1n) is 16.7. The topological polar surface area (TPSA) is 87.7 Å². The lowest BCUT2D eigenvalue weighted by atomic mass is 10.1. The number of hydrogen-bond donors (Lipinski definition) is 2. The molecule has 0 saturated carbocycles. The molecule has 0 aromatic heterocycles. The smallest absolute Gasteiger partial charge is 0.305 e. The van der Waals surface area contributed by atoms with Crippen LogP contribution < -0.4 is 21.5 Å². The highest BCUT2D eigenvalue weighted by Crippen LogP contribution is 2.14. The minimum Gasteiger partial charge on any atom is -0.466 e. The first-order chi connectivity index (χ1) is 19.5. The molecule has 0 atom stereocenters. The molecular weight excluding hydrogens is 502 g/mol. The van der Waals surface area contributed by atoms with Gasteiger partial charge in [-0.2, -0.15) is 0 Å². The largest absolute Gasteiger partial charge is 0.466 e. The third kappa shape index (κ3) is 17.0. The molecule has 0 radical (unpaired) electrons. The standard InChI is InChI=1S/C33H61N3O4/c1-4-6-8-10-12-17-21-28-40-29(37)23-18-14-13-16-20-26-36(25-19-15-11-9-7-5-2)27-22-24-35-31-30(34-3)32(38)33(31)39/h34-35H,4-28H2,1-3H3. The minimum absolute atomic E-state index is 0.0322. The summed E-state index contributed by atoms with van der Waals surface area (Å²) in [5.74, 6) is -0.0322. The van der Waals surface area contributed by atoms with Crippen LogP contribution in [0.25, 0.3) is 0 Å². The summed E-state index contributed by atoms with van der Waals surface area (Å²) in [4.78, 5) is 37.8. The van der Waals surface area contributed by atoms with Gasteiger partial charge in [0, 0.05) is 20.0 Å². The highest BCUT2D eigenvalue weighted by Gasteiger charge is 2.18. The summed E-state index contributed by atoms with van der Waals surface area (Å²) in [5, 5.41) is 5.97. The van der Waals surface area contributed by atoms with Crippen molar-refractivity contribution in [3.05, 3.63) is 20.4 Å². The lowest BCUT2D eigenvalue weighted by Gasteiger charge is -2.23. The van der Waals surface area contributed by atoms with Crippen LogP contribution in [-0.4, -0.2) is 50.7 Å². The predicted octanol–water partition coefficient (Wildman–Crippen LogP) is 7.42. The van der Waals surface area contributed by atoms with E-state index in [0.717, 1.165) is 51.7 Å². The summed E-state index contributed by atoms with van der Waals surface area (Å²) in [6.45, 7) is 8.98. The van der Waals surface area contributed by atoms with Crippen molar-refractivity contribution in [3.8, 4) is 0 Å². The van der Waals surface area contributed by atoms with Gasteiger partial charge in [0.25, 0.3) is 10.9 Å². The Kier molecular flexibility index (Phi) is 22.5.